The normalized spacial score (nSPS) is 10.1. The maximum absolute atomic E-state index is 5.33. The maximum atomic E-state index is 5.33. The Morgan fingerprint density at radius 2 is 2.00 bits per heavy atom. The largest absolute Gasteiger partial charge is 0.307 e. The SMILES string of the molecule is CCCCCCc1nccnc1NN. The lowest BCUT2D eigenvalue weighted by molar-refractivity contribution is 0.660. The Morgan fingerprint density at radius 1 is 1.21 bits per heavy atom. The number of hydrazine groups is 1. The molecule has 0 bridgehead atoms. The number of aromatic nitrogens is 2. The number of nitrogens with two attached hydrogens (primary N) is 1. The Hall–Kier alpha value is -1.16. The Balaban J connectivity index is 2.41. The van der Waals surface area contributed by atoms with Crippen molar-refractivity contribution in [1.29, 1.82) is 0 Å². The number of nitrogens with one attached hydrogen (secondary N) is 1. The van der Waals surface area contributed by atoms with E-state index in [0.29, 0.717) is 5.82 Å². The summed E-state index contributed by atoms with van der Waals surface area (Å²) in [5.41, 5.74) is 3.53. The molecule has 0 saturated heterocycles. The Bertz CT molecular complexity index is 262. The maximum Gasteiger partial charge on any atom is 0.161 e. The van der Waals surface area contributed by atoms with Crippen molar-refractivity contribution in [3.63, 3.8) is 0 Å². The minimum atomic E-state index is 0.698. The smallest absolute Gasteiger partial charge is 0.161 e. The number of unbranched alkanes of at least 4 members (excludes halogenated alkanes) is 3. The molecule has 1 heterocycles. The van der Waals surface area contributed by atoms with Gasteiger partial charge in [-0.05, 0) is 12.8 Å². The third-order valence-electron chi connectivity index (χ3n) is 2.18. The van der Waals surface area contributed by atoms with Crippen LogP contribution < -0.4 is 11.3 Å². The van der Waals surface area contributed by atoms with Gasteiger partial charge in [-0.25, -0.2) is 10.8 Å². The minimum absolute atomic E-state index is 0.698. The summed E-state index contributed by atoms with van der Waals surface area (Å²) in [6, 6.07) is 0. The van der Waals surface area contributed by atoms with Crippen molar-refractivity contribution in [2.75, 3.05) is 5.43 Å². The molecular weight excluding hydrogens is 176 g/mol. The lowest BCUT2D eigenvalue weighted by Crippen LogP contribution is -2.12. The average Bonchev–Trinajstić information content (AvgIpc) is 2.25. The first-order chi connectivity index (χ1) is 6.88. The number of rotatable bonds is 6. The molecule has 0 aromatic carbocycles. The molecular formula is C10H18N4. The highest BCUT2D eigenvalue weighted by Crippen LogP contribution is 2.11. The van der Waals surface area contributed by atoms with Gasteiger partial charge in [-0.3, -0.25) is 4.98 Å². The van der Waals surface area contributed by atoms with Gasteiger partial charge in [-0.2, -0.15) is 0 Å². The highest BCUT2D eigenvalue weighted by Gasteiger charge is 2.02. The van der Waals surface area contributed by atoms with E-state index in [1.54, 1.807) is 12.4 Å². The zero-order valence-electron chi connectivity index (χ0n) is 8.66. The van der Waals surface area contributed by atoms with E-state index < -0.39 is 0 Å². The van der Waals surface area contributed by atoms with E-state index in [9.17, 15) is 0 Å². The summed E-state index contributed by atoms with van der Waals surface area (Å²) in [5, 5.41) is 0. The van der Waals surface area contributed by atoms with Gasteiger partial charge in [-0.1, -0.05) is 26.2 Å². The molecule has 3 N–H and O–H groups in total. The molecule has 0 unspecified atom stereocenters. The van der Waals surface area contributed by atoms with Crippen LogP contribution in [0.4, 0.5) is 5.82 Å². The first-order valence-corrected chi connectivity index (χ1v) is 5.15. The molecule has 0 amide bonds. The number of aryl methyl sites for hydroxylation is 1. The van der Waals surface area contributed by atoms with Gasteiger partial charge in [-0.15, -0.1) is 0 Å². The molecule has 14 heavy (non-hydrogen) atoms. The Kier molecular flexibility index (Phi) is 4.93. The lowest BCUT2D eigenvalue weighted by atomic mass is 10.1. The quantitative estimate of drug-likeness (QED) is 0.412. The summed E-state index contributed by atoms with van der Waals surface area (Å²) in [7, 11) is 0. The first-order valence-electron chi connectivity index (χ1n) is 5.15. The second-order valence-corrected chi connectivity index (χ2v) is 3.31. The summed E-state index contributed by atoms with van der Waals surface area (Å²) in [6.45, 7) is 2.20. The number of nitrogens with zero attached hydrogens (tertiary/aromatic N) is 2. The van der Waals surface area contributed by atoms with Crippen molar-refractivity contribution in [1.82, 2.24) is 9.97 Å². The third kappa shape index (κ3) is 3.30. The standard InChI is InChI=1S/C10H18N4/c1-2-3-4-5-6-9-10(14-11)13-8-7-12-9/h7-8H,2-6,11H2,1H3,(H,13,14). The summed E-state index contributed by atoms with van der Waals surface area (Å²) in [4.78, 5) is 8.34. The van der Waals surface area contributed by atoms with Crippen LogP contribution in [-0.2, 0) is 6.42 Å². The molecule has 78 valence electrons. The summed E-state index contributed by atoms with van der Waals surface area (Å²) < 4.78 is 0. The predicted octanol–water partition coefficient (Wildman–Crippen LogP) is 1.89. The van der Waals surface area contributed by atoms with Crippen molar-refractivity contribution in [2.45, 2.75) is 39.0 Å². The van der Waals surface area contributed by atoms with Gasteiger partial charge in [0.1, 0.15) is 0 Å². The molecule has 0 atom stereocenters. The summed E-state index contributed by atoms with van der Waals surface area (Å²) in [6.07, 6.45) is 9.24. The minimum Gasteiger partial charge on any atom is -0.307 e. The van der Waals surface area contributed by atoms with E-state index in [1.165, 1.54) is 19.3 Å². The second kappa shape index (κ2) is 6.32. The van der Waals surface area contributed by atoms with Gasteiger partial charge >= 0.3 is 0 Å². The van der Waals surface area contributed by atoms with Crippen LogP contribution in [-0.4, -0.2) is 9.97 Å². The van der Waals surface area contributed by atoms with Gasteiger partial charge in [0.2, 0.25) is 0 Å². The van der Waals surface area contributed by atoms with Gasteiger partial charge in [0.15, 0.2) is 5.82 Å². The number of hydrogen-bond donors (Lipinski definition) is 2. The van der Waals surface area contributed by atoms with Crippen molar-refractivity contribution in [3.05, 3.63) is 18.1 Å². The molecule has 0 radical (unpaired) electrons. The topological polar surface area (TPSA) is 63.8 Å². The number of hydrogen-bond acceptors (Lipinski definition) is 4. The van der Waals surface area contributed by atoms with Crippen molar-refractivity contribution < 1.29 is 0 Å². The predicted molar refractivity (Wildman–Crippen MR) is 57.7 cm³/mol. The van der Waals surface area contributed by atoms with E-state index in [4.69, 9.17) is 5.84 Å². The fourth-order valence-electron chi connectivity index (χ4n) is 1.39. The lowest BCUT2D eigenvalue weighted by Gasteiger charge is -2.05. The molecule has 4 heteroatoms. The molecule has 1 aromatic rings. The molecule has 0 aliphatic carbocycles. The molecule has 4 nitrogen and oxygen atoms in total. The van der Waals surface area contributed by atoms with Gasteiger partial charge < -0.3 is 5.43 Å². The molecule has 1 aromatic heterocycles. The van der Waals surface area contributed by atoms with Gasteiger partial charge in [0.05, 0.1) is 5.69 Å². The summed E-state index contributed by atoms with van der Waals surface area (Å²) >= 11 is 0. The van der Waals surface area contributed by atoms with Crippen LogP contribution in [0.2, 0.25) is 0 Å². The van der Waals surface area contributed by atoms with E-state index in [0.717, 1.165) is 18.5 Å². The van der Waals surface area contributed by atoms with E-state index in [1.807, 2.05) is 0 Å². The summed E-state index contributed by atoms with van der Waals surface area (Å²) in [5.74, 6) is 6.03. The fourth-order valence-corrected chi connectivity index (χ4v) is 1.39. The zero-order valence-corrected chi connectivity index (χ0v) is 8.66. The van der Waals surface area contributed by atoms with Crippen molar-refractivity contribution in [3.8, 4) is 0 Å². The molecule has 0 aliphatic heterocycles. The molecule has 0 saturated carbocycles. The second-order valence-electron chi connectivity index (χ2n) is 3.31. The van der Waals surface area contributed by atoms with Gasteiger partial charge in [0, 0.05) is 12.4 Å². The number of anilines is 1. The van der Waals surface area contributed by atoms with Crippen LogP contribution in [0.5, 0.6) is 0 Å². The van der Waals surface area contributed by atoms with Crippen LogP contribution in [0.25, 0.3) is 0 Å². The van der Waals surface area contributed by atoms with E-state index in [2.05, 4.69) is 22.3 Å². The molecule has 0 fully saturated rings. The van der Waals surface area contributed by atoms with Crippen molar-refractivity contribution in [2.24, 2.45) is 5.84 Å². The van der Waals surface area contributed by atoms with E-state index >= 15 is 0 Å². The van der Waals surface area contributed by atoms with Crippen LogP contribution in [0, 0.1) is 0 Å². The zero-order chi connectivity index (χ0) is 10.2. The van der Waals surface area contributed by atoms with Crippen LogP contribution in [0.3, 0.4) is 0 Å². The van der Waals surface area contributed by atoms with Crippen molar-refractivity contribution >= 4 is 5.82 Å². The Labute approximate surface area is 84.9 Å². The third-order valence-corrected chi connectivity index (χ3v) is 2.18. The molecule has 1 rings (SSSR count). The fraction of sp³-hybridized carbons (Fsp3) is 0.600. The van der Waals surface area contributed by atoms with E-state index in [-0.39, 0.29) is 0 Å². The monoisotopic (exact) mass is 194 g/mol. The first kappa shape index (κ1) is 10.9. The van der Waals surface area contributed by atoms with Gasteiger partial charge in [0.25, 0.3) is 0 Å². The average molecular weight is 194 g/mol. The molecule has 0 spiro atoms. The molecule has 0 aliphatic rings. The Morgan fingerprint density at radius 3 is 2.71 bits per heavy atom. The van der Waals surface area contributed by atoms with Crippen LogP contribution in [0.15, 0.2) is 12.4 Å². The number of nitrogen functional groups attached to an aromatic ring is 1. The van der Waals surface area contributed by atoms with Crippen LogP contribution >= 0.6 is 0 Å². The van der Waals surface area contributed by atoms with Crippen LogP contribution in [0.1, 0.15) is 38.3 Å². The highest BCUT2D eigenvalue weighted by atomic mass is 15.3. The highest BCUT2D eigenvalue weighted by molar-refractivity contribution is 5.37.